The highest BCUT2D eigenvalue weighted by atomic mass is 32.2. The van der Waals surface area contributed by atoms with E-state index < -0.39 is 9.84 Å². The minimum atomic E-state index is -2.96. The van der Waals surface area contributed by atoms with E-state index in [0.29, 0.717) is 31.0 Å². The van der Waals surface area contributed by atoms with E-state index in [0.717, 1.165) is 28.2 Å². The molecule has 1 aliphatic rings. The minimum absolute atomic E-state index is 0.141. The van der Waals surface area contributed by atoms with Crippen LogP contribution in [0.3, 0.4) is 0 Å². The van der Waals surface area contributed by atoms with E-state index in [2.05, 4.69) is 20.3 Å². The predicted octanol–water partition coefficient (Wildman–Crippen LogP) is 3.58. The monoisotopic (exact) mass is 461 g/mol. The van der Waals surface area contributed by atoms with Gasteiger partial charge in [-0.2, -0.15) is 0 Å². The summed E-state index contributed by atoms with van der Waals surface area (Å²) in [6.45, 7) is 1.38. The second-order valence-electron chi connectivity index (χ2n) is 7.84. The van der Waals surface area contributed by atoms with Crippen LogP contribution in [0.1, 0.15) is 5.56 Å². The van der Waals surface area contributed by atoms with Crippen LogP contribution in [0, 0.1) is 0 Å². The van der Waals surface area contributed by atoms with Crippen molar-refractivity contribution < 1.29 is 13.2 Å². The Hall–Kier alpha value is -3.72. The molecule has 0 spiro atoms. The zero-order chi connectivity index (χ0) is 22.7. The van der Waals surface area contributed by atoms with E-state index in [-0.39, 0.29) is 11.5 Å². The minimum Gasteiger partial charge on any atom is -0.489 e. The number of benzene rings is 2. The summed E-state index contributed by atoms with van der Waals surface area (Å²) in [6.07, 6.45) is 3.19. The van der Waals surface area contributed by atoms with E-state index in [1.807, 2.05) is 65.6 Å². The summed E-state index contributed by atoms with van der Waals surface area (Å²) in [5.41, 5.74) is 2.69. The van der Waals surface area contributed by atoms with Gasteiger partial charge in [-0.25, -0.2) is 23.4 Å². The number of hydrogen-bond donors (Lipinski definition) is 1. The molecule has 0 amide bonds. The van der Waals surface area contributed by atoms with Crippen LogP contribution in [-0.4, -0.2) is 48.0 Å². The summed E-state index contributed by atoms with van der Waals surface area (Å²) < 4.78 is 29.4. The van der Waals surface area contributed by atoms with Crippen LogP contribution < -0.4 is 15.0 Å². The molecule has 0 unspecified atom stereocenters. The van der Waals surface area contributed by atoms with Gasteiger partial charge in [-0.1, -0.05) is 30.3 Å². The van der Waals surface area contributed by atoms with Crippen molar-refractivity contribution in [1.29, 1.82) is 0 Å². The molecule has 1 saturated heterocycles. The fourth-order valence-electron chi connectivity index (χ4n) is 3.67. The van der Waals surface area contributed by atoms with Gasteiger partial charge in [0.15, 0.2) is 9.84 Å². The standard InChI is InChI=1S/C24H23N5O3S/c30-33(31)12-10-29(11-13-33)23-14-21-22(15-25-23)26-17-27-24(21)28-19-6-8-20(9-7-19)32-16-18-4-2-1-3-5-18/h1-9,14-15,17H,10-13,16H2,(H,26,27,28). The summed E-state index contributed by atoms with van der Waals surface area (Å²) in [7, 11) is -2.96. The third-order valence-electron chi connectivity index (χ3n) is 5.54. The maximum atomic E-state index is 11.7. The molecule has 0 radical (unpaired) electrons. The molecule has 0 saturated carbocycles. The first-order chi connectivity index (χ1) is 16.1. The average Bonchev–Trinajstić information content (AvgIpc) is 2.84. The lowest BCUT2D eigenvalue weighted by Gasteiger charge is -2.27. The first kappa shape index (κ1) is 21.1. The Morgan fingerprint density at radius 2 is 1.70 bits per heavy atom. The first-order valence-electron chi connectivity index (χ1n) is 10.7. The summed E-state index contributed by atoms with van der Waals surface area (Å²) in [5.74, 6) is 2.44. The zero-order valence-electron chi connectivity index (χ0n) is 17.9. The second kappa shape index (κ2) is 9.03. The van der Waals surface area contributed by atoms with Crippen molar-refractivity contribution in [2.75, 3.05) is 34.8 Å². The first-order valence-corrected chi connectivity index (χ1v) is 12.5. The highest BCUT2D eigenvalue weighted by Gasteiger charge is 2.23. The Balaban J connectivity index is 1.32. The molecule has 4 aromatic rings. The Labute approximate surface area is 192 Å². The Morgan fingerprint density at radius 1 is 0.939 bits per heavy atom. The molecular weight excluding hydrogens is 438 g/mol. The fraction of sp³-hybridized carbons (Fsp3) is 0.208. The van der Waals surface area contributed by atoms with Crippen molar-refractivity contribution in [3.05, 3.63) is 78.8 Å². The lowest BCUT2D eigenvalue weighted by atomic mass is 10.2. The molecule has 5 rings (SSSR count). The number of ether oxygens (including phenoxy) is 1. The third kappa shape index (κ3) is 5.04. The number of sulfone groups is 1. The molecule has 8 nitrogen and oxygen atoms in total. The molecular formula is C24H23N5O3S. The zero-order valence-corrected chi connectivity index (χ0v) is 18.7. The van der Waals surface area contributed by atoms with Gasteiger partial charge in [0.25, 0.3) is 0 Å². The summed E-state index contributed by atoms with van der Waals surface area (Å²) in [6, 6.07) is 19.6. The topological polar surface area (TPSA) is 97.3 Å². The molecule has 1 fully saturated rings. The Bertz CT molecular complexity index is 1350. The smallest absolute Gasteiger partial charge is 0.153 e. The molecule has 0 aliphatic carbocycles. The van der Waals surface area contributed by atoms with Gasteiger partial charge in [0.1, 0.15) is 30.3 Å². The molecule has 1 aliphatic heterocycles. The molecule has 0 bridgehead atoms. The van der Waals surface area contributed by atoms with Crippen LogP contribution in [0.15, 0.2) is 73.2 Å². The fourth-order valence-corrected chi connectivity index (χ4v) is 4.88. The van der Waals surface area contributed by atoms with Crippen molar-refractivity contribution >= 4 is 38.1 Å². The second-order valence-corrected chi connectivity index (χ2v) is 10.1. The van der Waals surface area contributed by atoms with E-state index in [1.165, 1.54) is 6.33 Å². The van der Waals surface area contributed by atoms with E-state index in [9.17, 15) is 8.42 Å². The van der Waals surface area contributed by atoms with Gasteiger partial charge < -0.3 is 15.0 Å². The number of anilines is 3. The van der Waals surface area contributed by atoms with Crippen LogP contribution in [0.2, 0.25) is 0 Å². The van der Waals surface area contributed by atoms with Gasteiger partial charge in [-0.05, 0) is 35.9 Å². The Kier molecular flexibility index (Phi) is 5.78. The molecule has 0 atom stereocenters. The Morgan fingerprint density at radius 3 is 2.45 bits per heavy atom. The molecule has 1 N–H and O–H groups in total. The van der Waals surface area contributed by atoms with Crippen molar-refractivity contribution in [3.63, 3.8) is 0 Å². The van der Waals surface area contributed by atoms with E-state index in [4.69, 9.17) is 4.74 Å². The van der Waals surface area contributed by atoms with Crippen molar-refractivity contribution in [1.82, 2.24) is 15.0 Å². The van der Waals surface area contributed by atoms with Crippen LogP contribution in [0.5, 0.6) is 5.75 Å². The highest BCUT2D eigenvalue weighted by Crippen LogP contribution is 2.27. The van der Waals surface area contributed by atoms with Crippen LogP contribution in [0.4, 0.5) is 17.3 Å². The number of fused-ring (bicyclic) bond motifs is 1. The number of hydrogen-bond acceptors (Lipinski definition) is 8. The summed E-state index contributed by atoms with van der Waals surface area (Å²) in [4.78, 5) is 15.2. The quantitative estimate of drug-likeness (QED) is 0.465. The van der Waals surface area contributed by atoms with Crippen LogP contribution >= 0.6 is 0 Å². The molecule has 2 aromatic heterocycles. The lowest BCUT2D eigenvalue weighted by molar-refractivity contribution is 0.306. The van der Waals surface area contributed by atoms with Gasteiger partial charge in [0, 0.05) is 24.2 Å². The predicted molar refractivity (Wildman–Crippen MR) is 129 cm³/mol. The van der Waals surface area contributed by atoms with E-state index >= 15 is 0 Å². The molecule has 9 heteroatoms. The van der Waals surface area contributed by atoms with Crippen molar-refractivity contribution in [2.24, 2.45) is 0 Å². The molecule has 2 aromatic carbocycles. The SMILES string of the molecule is O=S1(=O)CCN(c2cc3c(Nc4ccc(OCc5ccccc5)cc4)ncnc3cn2)CC1. The van der Waals surface area contributed by atoms with Gasteiger partial charge in [0.2, 0.25) is 0 Å². The van der Waals surface area contributed by atoms with Gasteiger partial charge in [-0.3, -0.25) is 0 Å². The lowest BCUT2D eigenvalue weighted by Crippen LogP contribution is -2.40. The van der Waals surface area contributed by atoms with E-state index in [1.54, 1.807) is 6.20 Å². The number of nitrogens with zero attached hydrogens (tertiary/aromatic N) is 4. The van der Waals surface area contributed by atoms with Crippen molar-refractivity contribution in [3.8, 4) is 5.75 Å². The van der Waals surface area contributed by atoms with Crippen LogP contribution in [0.25, 0.3) is 10.9 Å². The molecule has 168 valence electrons. The van der Waals surface area contributed by atoms with Gasteiger partial charge in [-0.15, -0.1) is 0 Å². The normalized spacial score (nSPS) is 15.3. The number of pyridine rings is 1. The largest absolute Gasteiger partial charge is 0.489 e. The average molecular weight is 462 g/mol. The maximum Gasteiger partial charge on any atom is 0.153 e. The van der Waals surface area contributed by atoms with Crippen LogP contribution in [-0.2, 0) is 16.4 Å². The summed E-state index contributed by atoms with van der Waals surface area (Å²) in [5, 5.41) is 4.16. The number of aromatic nitrogens is 3. The number of nitrogens with one attached hydrogen (secondary N) is 1. The maximum absolute atomic E-state index is 11.7. The van der Waals surface area contributed by atoms with Gasteiger partial charge >= 0.3 is 0 Å². The highest BCUT2D eigenvalue weighted by molar-refractivity contribution is 7.91. The van der Waals surface area contributed by atoms with Gasteiger partial charge in [0.05, 0.1) is 23.2 Å². The third-order valence-corrected chi connectivity index (χ3v) is 7.15. The number of rotatable bonds is 6. The molecule has 3 heterocycles. The molecule has 33 heavy (non-hydrogen) atoms. The van der Waals surface area contributed by atoms with Crippen molar-refractivity contribution in [2.45, 2.75) is 6.61 Å². The summed E-state index contributed by atoms with van der Waals surface area (Å²) >= 11 is 0.